The first-order valence-corrected chi connectivity index (χ1v) is 8.85. The van der Waals surface area contributed by atoms with Crippen LogP contribution in [0.5, 0.6) is 0 Å². The number of amides is 1. The quantitative estimate of drug-likeness (QED) is 0.857. The molecule has 7 nitrogen and oxygen atoms in total. The number of anilines is 1. The van der Waals surface area contributed by atoms with Crippen LogP contribution >= 0.6 is 0 Å². The van der Waals surface area contributed by atoms with Gasteiger partial charge in [-0.2, -0.15) is 0 Å². The number of carbonyl (C=O) groups is 1. The fraction of sp³-hybridized carbons (Fsp3) is 0.588. The Kier molecular flexibility index (Phi) is 3.06. The molecule has 4 heterocycles. The van der Waals surface area contributed by atoms with Crippen LogP contribution in [0.3, 0.4) is 0 Å². The molecule has 1 unspecified atom stereocenters. The number of aromatic amines is 1. The van der Waals surface area contributed by atoms with Gasteiger partial charge >= 0.3 is 0 Å². The highest BCUT2D eigenvalue weighted by Gasteiger charge is 2.54. The lowest BCUT2D eigenvalue weighted by Crippen LogP contribution is -2.60. The van der Waals surface area contributed by atoms with Gasteiger partial charge in [-0.3, -0.25) is 4.79 Å². The lowest BCUT2D eigenvalue weighted by Gasteiger charge is -2.43. The van der Waals surface area contributed by atoms with Crippen molar-refractivity contribution in [2.45, 2.75) is 37.3 Å². The number of hydrogen-bond acceptors (Lipinski definition) is 5. The van der Waals surface area contributed by atoms with Crippen molar-refractivity contribution in [2.24, 2.45) is 0 Å². The predicted octanol–water partition coefficient (Wildman–Crippen LogP) is 0.891. The van der Waals surface area contributed by atoms with Gasteiger partial charge in [-0.25, -0.2) is 9.97 Å². The topological polar surface area (TPSA) is 77.2 Å². The first kappa shape index (κ1) is 14.2. The highest BCUT2D eigenvalue weighted by molar-refractivity contribution is 5.88. The van der Waals surface area contributed by atoms with E-state index in [4.69, 9.17) is 0 Å². The third-order valence-electron chi connectivity index (χ3n) is 5.74. The Morgan fingerprint density at radius 2 is 2.21 bits per heavy atom. The minimum Gasteiger partial charge on any atom is -0.352 e. The average Bonchev–Trinajstić information content (AvgIpc) is 3.07. The highest BCUT2D eigenvalue weighted by Crippen LogP contribution is 2.45. The maximum Gasteiger partial charge on any atom is 0.240 e. The van der Waals surface area contributed by atoms with Crippen LogP contribution in [-0.4, -0.2) is 63.5 Å². The van der Waals surface area contributed by atoms with Crippen LogP contribution in [0.15, 0.2) is 18.6 Å². The molecule has 5 rings (SSSR count). The van der Waals surface area contributed by atoms with Crippen molar-refractivity contribution in [2.75, 3.05) is 31.1 Å². The second-order valence-corrected chi connectivity index (χ2v) is 7.22. The number of rotatable bonds is 2. The van der Waals surface area contributed by atoms with E-state index in [1.165, 1.54) is 0 Å². The molecule has 1 saturated carbocycles. The van der Waals surface area contributed by atoms with Crippen molar-refractivity contribution in [3.8, 4) is 0 Å². The zero-order chi connectivity index (χ0) is 16.1. The largest absolute Gasteiger partial charge is 0.352 e. The second kappa shape index (κ2) is 5.17. The SMILES string of the molecule is O=C(C1CCCN1)N1CCN(c2ncnc3[nH]ccc23)CC12CC2. The van der Waals surface area contributed by atoms with Crippen molar-refractivity contribution < 1.29 is 4.79 Å². The van der Waals surface area contributed by atoms with Crippen LogP contribution in [-0.2, 0) is 4.79 Å². The monoisotopic (exact) mass is 326 g/mol. The number of piperazine rings is 1. The summed E-state index contributed by atoms with van der Waals surface area (Å²) >= 11 is 0. The Bertz CT molecular complexity index is 776. The number of fused-ring (bicyclic) bond motifs is 1. The standard InChI is InChI=1S/C17H22N6O/c24-16(13-2-1-6-18-13)23-9-8-22(10-17(23)4-5-17)15-12-3-7-19-14(12)20-11-21-15/h3,7,11,13,18H,1-2,4-6,8-10H2,(H,19,20,21). The van der Waals surface area contributed by atoms with Gasteiger partial charge in [0.05, 0.1) is 17.0 Å². The molecule has 3 fully saturated rings. The zero-order valence-corrected chi connectivity index (χ0v) is 13.7. The van der Waals surface area contributed by atoms with Gasteiger partial charge in [0.1, 0.15) is 17.8 Å². The van der Waals surface area contributed by atoms with Crippen molar-refractivity contribution >= 4 is 22.8 Å². The van der Waals surface area contributed by atoms with E-state index < -0.39 is 0 Å². The second-order valence-electron chi connectivity index (χ2n) is 7.22. The minimum absolute atomic E-state index is 0.0210. The van der Waals surface area contributed by atoms with Crippen molar-refractivity contribution in [1.82, 2.24) is 25.2 Å². The van der Waals surface area contributed by atoms with Crippen LogP contribution in [0, 0.1) is 0 Å². The van der Waals surface area contributed by atoms with Gasteiger partial charge in [-0.05, 0) is 38.3 Å². The lowest BCUT2D eigenvalue weighted by atomic mass is 10.1. The number of carbonyl (C=O) groups excluding carboxylic acids is 1. The first-order chi connectivity index (χ1) is 11.8. The van der Waals surface area contributed by atoms with E-state index in [-0.39, 0.29) is 11.6 Å². The van der Waals surface area contributed by atoms with E-state index in [1.807, 2.05) is 12.3 Å². The first-order valence-electron chi connectivity index (χ1n) is 8.85. The molecule has 1 spiro atoms. The molecule has 0 bridgehead atoms. The molecule has 24 heavy (non-hydrogen) atoms. The van der Waals surface area contributed by atoms with E-state index in [0.717, 1.165) is 68.7 Å². The Labute approximate surface area is 140 Å². The van der Waals surface area contributed by atoms with Crippen LogP contribution < -0.4 is 10.2 Å². The molecule has 0 radical (unpaired) electrons. The zero-order valence-electron chi connectivity index (χ0n) is 13.7. The fourth-order valence-electron chi connectivity index (χ4n) is 4.27. The Morgan fingerprint density at radius 3 is 3.00 bits per heavy atom. The van der Waals surface area contributed by atoms with Gasteiger partial charge in [-0.15, -0.1) is 0 Å². The molecule has 126 valence electrons. The van der Waals surface area contributed by atoms with E-state index in [9.17, 15) is 4.79 Å². The number of aromatic nitrogens is 3. The normalized spacial score (nSPS) is 25.6. The number of nitrogens with one attached hydrogen (secondary N) is 2. The summed E-state index contributed by atoms with van der Waals surface area (Å²) in [6, 6.07) is 2.06. The molecule has 1 aliphatic carbocycles. The third-order valence-corrected chi connectivity index (χ3v) is 5.74. The molecule has 2 saturated heterocycles. The number of H-pyrrole nitrogens is 1. The number of nitrogens with zero attached hydrogens (tertiary/aromatic N) is 4. The summed E-state index contributed by atoms with van der Waals surface area (Å²) in [5.41, 5.74) is 0.895. The van der Waals surface area contributed by atoms with Crippen LogP contribution in [0.25, 0.3) is 11.0 Å². The molecule has 2 aliphatic heterocycles. The van der Waals surface area contributed by atoms with E-state index >= 15 is 0 Å². The summed E-state index contributed by atoms with van der Waals surface area (Å²) in [6.07, 6.45) is 7.81. The summed E-state index contributed by atoms with van der Waals surface area (Å²) in [5.74, 6) is 1.29. The van der Waals surface area contributed by atoms with E-state index in [2.05, 4.69) is 30.1 Å². The molecule has 2 aromatic heterocycles. The lowest BCUT2D eigenvalue weighted by molar-refractivity contribution is -0.136. The summed E-state index contributed by atoms with van der Waals surface area (Å²) in [6.45, 7) is 3.46. The molecule has 7 heteroatoms. The molecule has 3 aliphatic rings. The van der Waals surface area contributed by atoms with Gasteiger partial charge in [0.25, 0.3) is 0 Å². The third kappa shape index (κ3) is 2.11. The maximum atomic E-state index is 12.9. The molecule has 2 N–H and O–H groups in total. The van der Waals surface area contributed by atoms with Crippen molar-refractivity contribution in [3.63, 3.8) is 0 Å². The summed E-state index contributed by atoms with van der Waals surface area (Å²) in [7, 11) is 0. The Morgan fingerprint density at radius 1 is 1.29 bits per heavy atom. The fourth-order valence-corrected chi connectivity index (χ4v) is 4.27. The highest BCUT2D eigenvalue weighted by atomic mass is 16.2. The van der Waals surface area contributed by atoms with Gasteiger partial charge < -0.3 is 20.1 Å². The van der Waals surface area contributed by atoms with Crippen LogP contribution in [0.1, 0.15) is 25.7 Å². The van der Waals surface area contributed by atoms with Crippen molar-refractivity contribution in [1.29, 1.82) is 0 Å². The summed E-state index contributed by atoms with van der Waals surface area (Å²) in [4.78, 5) is 29.3. The van der Waals surface area contributed by atoms with Gasteiger partial charge in [0.15, 0.2) is 0 Å². The minimum atomic E-state index is 0.0210. The molecular formula is C17H22N6O. The van der Waals surface area contributed by atoms with Gasteiger partial charge in [0.2, 0.25) is 5.91 Å². The Balaban J connectivity index is 1.40. The van der Waals surface area contributed by atoms with Gasteiger partial charge in [-0.1, -0.05) is 0 Å². The summed E-state index contributed by atoms with van der Waals surface area (Å²) in [5, 5.41) is 4.41. The molecule has 1 amide bonds. The van der Waals surface area contributed by atoms with Crippen molar-refractivity contribution in [3.05, 3.63) is 18.6 Å². The maximum absolute atomic E-state index is 12.9. The molecule has 0 aromatic carbocycles. The molecule has 1 atom stereocenters. The smallest absolute Gasteiger partial charge is 0.240 e. The van der Waals surface area contributed by atoms with E-state index in [1.54, 1.807) is 6.33 Å². The van der Waals surface area contributed by atoms with Gasteiger partial charge in [0, 0.05) is 25.8 Å². The average molecular weight is 326 g/mol. The van der Waals surface area contributed by atoms with Crippen LogP contribution in [0.4, 0.5) is 5.82 Å². The number of hydrogen-bond donors (Lipinski definition) is 2. The summed E-state index contributed by atoms with van der Waals surface area (Å²) < 4.78 is 0. The van der Waals surface area contributed by atoms with E-state index in [0.29, 0.717) is 5.91 Å². The van der Waals surface area contributed by atoms with Crippen LogP contribution in [0.2, 0.25) is 0 Å². The molecule has 2 aromatic rings. The predicted molar refractivity (Wildman–Crippen MR) is 90.8 cm³/mol. The molecular weight excluding hydrogens is 304 g/mol. The Hall–Kier alpha value is -2.15.